The summed E-state index contributed by atoms with van der Waals surface area (Å²) in [5, 5.41) is 5.36. The average molecular weight is 188 g/mol. The van der Waals surface area contributed by atoms with Crippen molar-refractivity contribution in [3.8, 4) is 0 Å². The van der Waals surface area contributed by atoms with Crippen LogP contribution in [0, 0.1) is 0 Å². The molecule has 0 aromatic rings. The van der Waals surface area contributed by atoms with Gasteiger partial charge in [-0.2, -0.15) is 0 Å². The van der Waals surface area contributed by atoms with Gasteiger partial charge in [0.15, 0.2) is 0 Å². The Kier molecular flexibility index (Phi) is 5.88. The van der Waals surface area contributed by atoms with Gasteiger partial charge in [0.1, 0.15) is 0 Å². The minimum atomic E-state index is -0.281. The minimum absolute atomic E-state index is 0.0512. The van der Waals surface area contributed by atoms with Crippen LogP contribution in [0.1, 0.15) is 13.3 Å². The molecule has 5 heteroatoms. The number of esters is 1. The van der Waals surface area contributed by atoms with Gasteiger partial charge in [0.2, 0.25) is 5.91 Å². The number of methoxy groups -OCH3 is 1. The Balaban J connectivity index is 3.56. The number of amides is 1. The Labute approximate surface area is 77.8 Å². The Morgan fingerprint density at radius 2 is 2.08 bits per heavy atom. The molecule has 5 nitrogen and oxygen atoms in total. The normalized spacial score (nSPS) is 11.9. The number of carbonyl (C=O) groups excluding carboxylic acids is 2. The molecule has 1 unspecified atom stereocenters. The number of carbonyl (C=O) groups is 2. The topological polar surface area (TPSA) is 67.4 Å². The molecule has 76 valence electrons. The van der Waals surface area contributed by atoms with E-state index in [-0.39, 0.29) is 30.9 Å². The molecule has 2 N–H and O–H groups in total. The van der Waals surface area contributed by atoms with E-state index in [1.54, 1.807) is 7.05 Å². The monoisotopic (exact) mass is 188 g/mol. The summed E-state index contributed by atoms with van der Waals surface area (Å²) < 4.78 is 4.47. The van der Waals surface area contributed by atoms with Crippen LogP contribution in [0.3, 0.4) is 0 Å². The first kappa shape index (κ1) is 11.9. The van der Waals surface area contributed by atoms with E-state index in [0.717, 1.165) is 0 Å². The van der Waals surface area contributed by atoms with E-state index in [1.165, 1.54) is 7.11 Å². The number of hydrogen-bond acceptors (Lipinski definition) is 4. The molecule has 0 rings (SSSR count). The second kappa shape index (κ2) is 6.42. The molecule has 0 aliphatic rings. The van der Waals surface area contributed by atoms with Gasteiger partial charge in [-0.05, 0) is 6.92 Å². The van der Waals surface area contributed by atoms with E-state index >= 15 is 0 Å². The second-order valence-corrected chi connectivity index (χ2v) is 2.74. The predicted molar refractivity (Wildman–Crippen MR) is 48.2 cm³/mol. The highest BCUT2D eigenvalue weighted by molar-refractivity contribution is 5.77. The molecule has 0 spiro atoms. The number of likely N-dealkylation sites (N-methyl/N-ethyl adjacent to an activating group) is 1. The van der Waals surface area contributed by atoms with Gasteiger partial charge < -0.3 is 15.4 Å². The zero-order chi connectivity index (χ0) is 10.3. The van der Waals surface area contributed by atoms with Crippen molar-refractivity contribution in [1.29, 1.82) is 0 Å². The first-order chi connectivity index (χ1) is 6.10. The summed E-state index contributed by atoms with van der Waals surface area (Å²) in [5.74, 6) is -0.381. The van der Waals surface area contributed by atoms with Crippen LogP contribution in [0.25, 0.3) is 0 Å². The van der Waals surface area contributed by atoms with E-state index < -0.39 is 0 Å². The molecule has 0 saturated carbocycles. The third-order valence-electron chi connectivity index (χ3n) is 1.59. The molecule has 0 heterocycles. The van der Waals surface area contributed by atoms with Crippen LogP contribution >= 0.6 is 0 Å². The van der Waals surface area contributed by atoms with Gasteiger partial charge in [0, 0.05) is 13.1 Å². The summed E-state index contributed by atoms with van der Waals surface area (Å²) in [4.78, 5) is 21.6. The number of nitrogens with one attached hydrogen (secondary N) is 2. The molecular formula is C8H16N2O3. The lowest BCUT2D eigenvalue weighted by atomic mass is 10.2. The standard InChI is InChI=1S/C8H16N2O3/c1-6(4-8(12)13-3)10-5-7(11)9-2/h6,10H,4-5H2,1-3H3,(H,9,11). The Bertz CT molecular complexity index is 182. The Morgan fingerprint density at radius 1 is 1.46 bits per heavy atom. The molecule has 0 fully saturated rings. The van der Waals surface area contributed by atoms with Gasteiger partial charge in [-0.15, -0.1) is 0 Å². The van der Waals surface area contributed by atoms with E-state index in [9.17, 15) is 9.59 Å². The quantitative estimate of drug-likeness (QED) is 0.558. The maximum atomic E-state index is 10.8. The molecule has 0 aromatic carbocycles. The molecule has 13 heavy (non-hydrogen) atoms. The van der Waals surface area contributed by atoms with Crippen LogP contribution in [0.4, 0.5) is 0 Å². The van der Waals surface area contributed by atoms with E-state index in [0.29, 0.717) is 0 Å². The fourth-order valence-corrected chi connectivity index (χ4v) is 0.761. The molecule has 0 bridgehead atoms. The van der Waals surface area contributed by atoms with Gasteiger partial charge in [-0.3, -0.25) is 9.59 Å². The number of ether oxygens (including phenoxy) is 1. The van der Waals surface area contributed by atoms with Crippen molar-refractivity contribution in [3.63, 3.8) is 0 Å². The summed E-state index contributed by atoms with van der Waals surface area (Å²) >= 11 is 0. The lowest BCUT2D eigenvalue weighted by Crippen LogP contribution is -2.37. The molecular weight excluding hydrogens is 172 g/mol. The van der Waals surface area contributed by atoms with Gasteiger partial charge in [-0.25, -0.2) is 0 Å². The zero-order valence-electron chi connectivity index (χ0n) is 8.22. The highest BCUT2D eigenvalue weighted by Gasteiger charge is 2.09. The van der Waals surface area contributed by atoms with Gasteiger partial charge in [-0.1, -0.05) is 0 Å². The van der Waals surface area contributed by atoms with Crippen LogP contribution in [-0.4, -0.2) is 38.6 Å². The van der Waals surface area contributed by atoms with Crippen LogP contribution in [0.5, 0.6) is 0 Å². The highest BCUT2D eigenvalue weighted by Crippen LogP contribution is 1.91. The smallest absolute Gasteiger partial charge is 0.307 e. The maximum Gasteiger partial charge on any atom is 0.307 e. The van der Waals surface area contributed by atoms with Crippen molar-refractivity contribution in [2.24, 2.45) is 0 Å². The van der Waals surface area contributed by atoms with E-state index in [2.05, 4.69) is 15.4 Å². The van der Waals surface area contributed by atoms with Crippen molar-refractivity contribution >= 4 is 11.9 Å². The summed E-state index contributed by atoms with van der Waals surface area (Å²) in [5.41, 5.74) is 0. The van der Waals surface area contributed by atoms with Crippen molar-refractivity contribution in [3.05, 3.63) is 0 Å². The molecule has 1 amide bonds. The molecule has 0 radical (unpaired) electrons. The molecule has 0 aliphatic carbocycles. The first-order valence-corrected chi connectivity index (χ1v) is 4.11. The molecule has 1 atom stereocenters. The minimum Gasteiger partial charge on any atom is -0.469 e. The van der Waals surface area contributed by atoms with Gasteiger partial charge >= 0.3 is 5.97 Å². The van der Waals surface area contributed by atoms with Gasteiger partial charge in [0.25, 0.3) is 0 Å². The van der Waals surface area contributed by atoms with E-state index in [1.807, 2.05) is 6.92 Å². The lowest BCUT2D eigenvalue weighted by Gasteiger charge is -2.11. The molecule has 0 aromatic heterocycles. The zero-order valence-corrected chi connectivity index (χ0v) is 8.22. The predicted octanol–water partition coefficient (Wildman–Crippen LogP) is -0.726. The third-order valence-corrected chi connectivity index (χ3v) is 1.59. The van der Waals surface area contributed by atoms with Crippen molar-refractivity contribution in [2.75, 3.05) is 20.7 Å². The van der Waals surface area contributed by atoms with Crippen LogP contribution in [-0.2, 0) is 14.3 Å². The summed E-state index contributed by atoms with van der Waals surface area (Å²) in [6, 6.07) is -0.0512. The second-order valence-electron chi connectivity index (χ2n) is 2.74. The average Bonchev–Trinajstić information content (AvgIpc) is 2.13. The SMILES string of the molecule is CNC(=O)CNC(C)CC(=O)OC. The van der Waals surface area contributed by atoms with Crippen LogP contribution in [0.15, 0.2) is 0 Å². The maximum absolute atomic E-state index is 10.8. The van der Waals surface area contributed by atoms with Crippen LogP contribution < -0.4 is 10.6 Å². The summed E-state index contributed by atoms with van der Waals surface area (Å²) in [7, 11) is 2.91. The largest absolute Gasteiger partial charge is 0.469 e. The number of hydrogen-bond donors (Lipinski definition) is 2. The summed E-state index contributed by atoms with van der Waals surface area (Å²) in [6.45, 7) is 2.04. The van der Waals surface area contributed by atoms with Gasteiger partial charge in [0.05, 0.1) is 20.1 Å². The lowest BCUT2D eigenvalue weighted by molar-refractivity contribution is -0.141. The van der Waals surface area contributed by atoms with Crippen LogP contribution in [0.2, 0.25) is 0 Å². The third kappa shape index (κ3) is 6.10. The van der Waals surface area contributed by atoms with Crippen molar-refractivity contribution in [2.45, 2.75) is 19.4 Å². The fraction of sp³-hybridized carbons (Fsp3) is 0.750. The Morgan fingerprint density at radius 3 is 2.54 bits per heavy atom. The summed E-state index contributed by atoms with van der Waals surface area (Å²) in [6.07, 6.45) is 0.271. The highest BCUT2D eigenvalue weighted by atomic mass is 16.5. The number of rotatable bonds is 5. The van der Waals surface area contributed by atoms with Crippen molar-refractivity contribution < 1.29 is 14.3 Å². The van der Waals surface area contributed by atoms with E-state index in [4.69, 9.17) is 0 Å². The first-order valence-electron chi connectivity index (χ1n) is 4.11. The molecule has 0 aliphatic heterocycles. The Hall–Kier alpha value is -1.10. The fourth-order valence-electron chi connectivity index (χ4n) is 0.761. The molecule has 0 saturated heterocycles. The van der Waals surface area contributed by atoms with Crippen molar-refractivity contribution in [1.82, 2.24) is 10.6 Å².